The second-order valence-electron chi connectivity index (χ2n) is 5.14. The molecule has 2 aromatic rings. The SMILES string of the molecule is O=C(O)c1ccc(NCc2ccc3c(c2)C(=O)CC3=O)cc1. The van der Waals surface area contributed by atoms with Gasteiger partial charge in [-0.3, -0.25) is 9.59 Å². The molecule has 22 heavy (non-hydrogen) atoms. The number of carboxylic acids is 1. The highest BCUT2D eigenvalue weighted by molar-refractivity contribution is 6.24. The van der Waals surface area contributed by atoms with Crippen LogP contribution in [0, 0.1) is 0 Å². The van der Waals surface area contributed by atoms with Crippen LogP contribution in [0.3, 0.4) is 0 Å². The lowest BCUT2D eigenvalue weighted by Gasteiger charge is -2.08. The van der Waals surface area contributed by atoms with Crippen molar-refractivity contribution in [2.45, 2.75) is 13.0 Å². The molecule has 5 heteroatoms. The molecule has 0 aromatic heterocycles. The van der Waals surface area contributed by atoms with Gasteiger partial charge in [-0.1, -0.05) is 12.1 Å². The van der Waals surface area contributed by atoms with E-state index in [9.17, 15) is 14.4 Å². The van der Waals surface area contributed by atoms with Crippen LogP contribution in [0.15, 0.2) is 42.5 Å². The van der Waals surface area contributed by atoms with Crippen LogP contribution in [0.25, 0.3) is 0 Å². The van der Waals surface area contributed by atoms with Crippen molar-refractivity contribution in [3.63, 3.8) is 0 Å². The van der Waals surface area contributed by atoms with Crippen molar-refractivity contribution in [1.29, 1.82) is 0 Å². The molecule has 0 radical (unpaired) electrons. The summed E-state index contributed by atoms with van der Waals surface area (Å²) in [6.07, 6.45) is -0.0388. The summed E-state index contributed by atoms with van der Waals surface area (Å²) >= 11 is 0. The molecule has 2 aromatic carbocycles. The van der Waals surface area contributed by atoms with Crippen LogP contribution in [-0.4, -0.2) is 22.6 Å². The topological polar surface area (TPSA) is 83.5 Å². The Bertz CT molecular complexity index is 778. The summed E-state index contributed by atoms with van der Waals surface area (Å²) in [5.74, 6) is -1.22. The lowest BCUT2D eigenvalue weighted by molar-refractivity contribution is 0.0696. The Morgan fingerprint density at radius 3 is 2.36 bits per heavy atom. The molecule has 0 spiro atoms. The third-order valence-corrected chi connectivity index (χ3v) is 3.63. The largest absolute Gasteiger partial charge is 0.478 e. The molecule has 0 heterocycles. The molecule has 0 fully saturated rings. The molecule has 0 unspecified atom stereocenters. The molecule has 110 valence electrons. The van der Waals surface area contributed by atoms with E-state index in [4.69, 9.17) is 5.11 Å². The first-order chi connectivity index (χ1) is 10.5. The molecular formula is C17H13NO4. The number of aromatic carboxylic acids is 1. The van der Waals surface area contributed by atoms with Gasteiger partial charge in [0.25, 0.3) is 0 Å². The standard InChI is InChI=1S/C17H13NO4/c19-15-8-16(20)14-7-10(1-6-13(14)15)9-18-12-4-2-11(3-5-12)17(21)22/h1-7,18H,8-9H2,(H,21,22). The van der Waals surface area contributed by atoms with E-state index in [1.54, 1.807) is 24.3 Å². The Kier molecular flexibility index (Phi) is 3.47. The van der Waals surface area contributed by atoms with Crippen molar-refractivity contribution in [3.05, 3.63) is 64.7 Å². The zero-order valence-corrected chi connectivity index (χ0v) is 11.6. The fourth-order valence-corrected chi connectivity index (χ4v) is 2.45. The van der Waals surface area contributed by atoms with Crippen molar-refractivity contribution in [2.75, 3.05) is 5.32 Å². The van der Waals surface area contributed by atoms with Gasteiger partial charge in [0.2, 0.25) is 0 Å². The number of hydrogen-bond acceptors (Lipinski definition) is 4. The summed E-state index contributed by atoms with van der Waals surface area (Å²) in [5, 5.41) is 12.0. The van der Waals surface area contributed by atoms with Crippen LogP contribution >= 0.6 is 0 Å². The number of rotatable bonds is 4. The molecule has 0 bridgehead atoms. The second kappa shape index (κ2) is 5.44. The van der Waals surface area contributed by atoms with E-state index in [2.05, 4.69) is 5.32 Å². The quantitative estimate of drug-likeness (QED) is 0.847. The number of carbonyl (C=O) groups is 3. The minimum Gasteiger partial charge on any atom is -0.478 e. The third kappa shape index (κ3) is 2.61. The van der Waals surface area contributed by atoms with E-state index >= 15 is 0 Å². The van der Waals surface area contributed by atoms with Crippen LogP contribution in [-0.2, 0) is 6.54 Å². The maximum Gasteiger partial charge on any atom is 0.335 e. The fraction of sp³-hybridized carbons (Fsp3) is 0.118. The predicted molar refractivity (Wildman–Crippen MR) is 80.4 cm³/mol. The number of anilines is 1. The normalized spacial score (nSPS) is 13.1. The van der Waals surface area contributed by atoms with Crippen LogP contribution in [0.4, 0.5) is 5.69 Å². The summed E-state index contributed by atoms with van der Waals surface area (Å²) < 4.78 is 0. The van der Waals surface area contributed by atoms with E-state index in [0.717, 1.165) is 11.3 Å². The number of hydrogen-bond donors (Lipinski definition) is 2. The number of nitrogens with one attached hydrogen (secondary N) is 1. The van der Waals surface area contributed by atoms with E-state index < -0.39 is 5.97 Å². The van der Waals surface area contributed by atoms with Gasteiger partial charge in [-0.25, -0.2) is 4.79 Å². The van der Waals surface area contributed by atoms with Crippen LogP contribution in [0.2, 0.25) is 0 Å². The Balaban J connectivity index is 1.72. The summed E-state index contributed by atoms with van der Waals surface area (Å²) in [4.78, 5) is 34.1. The highest BCUT2D eigenvalue weighted by Gasteiger charge is 2.26. The number of carboxylic acid groups (broad SMARTS) is 1. The van der Waals surface area contributed by atoms with Gasteiger partial charge in [-0.05, 0) is 35.9 Å². The van der Waals surface area contributed by atoms with Crippen LogP contribution in [0.5, 0.6) is 0 Å². The highest BCUT2D eigenvalue weighted by atomic mass is 16.4. The van der Waals surface area contributed by atoms with Gasteiger partial charge < -0.3 is 10.4 Å². The molecule has 2 N–H and O–H groups in total. The first kappa shape index (κ1) is 14.0. The highest BCUT2D eigenvalue weighted by Crippen LogP contribution is 2.23. The number of carbonyl (C=O) groups excluding carboxylic acids is 2. The Labute approximate surface area is 126 Å². The van der Waals surface area contributed by atoms with Gasteiger partial charge in [-0.15, -0.1) is 0 Å². The third-order valence-electron chi connectivity index (χ3n) is 3.63. The lowest BCUT2D eigenvalue weighted by Crippen LogP contribution is -2.02. The summed E-state index contributed by atoms with van der Waals surface area (Å²) in [5.41, 5.74) is 2.90. The molecule has 0 aliphatic heterocycles. The van der Waals surface area contributed by atoms with Gasteiger partial charge in [-0.2, -0.15) is 0 Å². The van der Waals surface area contributed by atoms with Gasteiger partial charge in [0.1, 0.15) is 0 Å². The van der Waals surface area contributed by atoms with Crippen LogP contribution in [0.1, 0.15) is 43.1 Å². The predicted octanol–water partition coefficient (Wildman–Crippen LogP) is 2.77. The Morgan fingerprint density at radius 1 is 1.00 bits per heavy atom. The smallest absolute Gasteiger partial charge is 0.335 e. The molecular weight excluding hydrogens is 282 g/mol. The molecule has 0 saturated heterocycles. The van der Waals surface area contributed by atoms with Gasteiger partial charge >= 0.3 is 5.97 Å². The zero-order chi connectivity index (χ0) is 15.7. The Morgan fingerprint density at radius 2 is 1.68 bits per heavy atom. The fourth-order valence-electron chi connectivity index (χ4n) is 2.45. The summed E-state index contributed by atoms with van der Waals surface area (Å²) in [6.45, 7) is 0.487. The first-order valence-electron chi connectivity index (χ1n) is 6.81. The van der Waals surface area contributed by atoms with Crippen molar-refractivity contribution < 1.29 is 19.5 Å². The average Bonchev–Trinajstić information content (AvgIpc) is 2.80. The van der Waals surface area contributed by atoms with Crippen molar-refractivity contribution >= 4 is 23.2 Å². The monoisotopic (exact) mass is 295 g/mol. The Hall–Kier alpha value is -2.95. The number of ketones is 2. The van der Waals surface area contributed by atoms with E-state index in [-0.39, 0.29) is 23.6 Å². The van der Waals surface area contributed by atoms with Crippen molar-refractivity contribution in [3.8, 4) is 0 Å². The summed E-state index contributed by atoms with van der Waals surface area (Å²) in [6, 6.07) is 11.7. The molecule has 1 aliphatic rings. The van der Waals surface area contributed by atoms with Crippen molar-refractivity contribution in [2.24, 2.45) is 0 Å². The van der Waals surface area contributed by atoms with E-state index in [1.165, 1.54) is 12.1 Å². The summed E-state index contributed by atoms with van der Waals surface area (Å²) in [7, 11) is 0. The lowest BCUT2D eigenvalue weighted by atomic mass is 10.1. The van der Waals surface area contributed by atoms with Gasteiger partial charge in [0.05, 0.1) is 12.0 Å². The molecule has 3 rings (SSSR count). The molecule has 0 atom stereocenters. The number of Topliss-reactive ketones (excluding diaryl/α,β-unsaturated/α-hetero) is 2. The molecule has 5 nitrogen and oxygen atoms in total. The van der Waals surface area contributed by atoms with Crippen molar-refractivity contribution in [1.82, 2.24) is 0 Å². The van der Waals surface area contributed by atoms with Gasteiger partial charge in [0, 0.05) is 23.4 Å². The van der Waals surface area contributed by atoms with E-state index in [0.29, 0.717) is 17.7 Å². The number of fused-ring (bicyclic) bond motifs is 1. The van der Waals surface area contributed by atoms with E-state index in [1.807, 2.05) is 6.07 Å². The molecule has 0 amide bonds. The minimum absolute atomic E-state index is 0.0388. The van der Waals surface area contributed by atoms with Gasteiger partial charge in [0.15, 0.2) is 11.6 Å². The maximum atomic E-state index is 11.7. The average molecular weight is 295 g/mol. The van der Waals surface area contributed by atoms with Crippen LogP contribution < -0.4 is 5.32 Å². The number of benzene rings is 2. The maximum absolute atomic E-state index is 11.7. The second-order valence-corrected chi connectivity index (χ2v) is 5.14. The minimum atomic E-state index is -0.964. The zero-order valence-electron chi connectivity index (χ0n) is 11.6. The first-order valence-corrected chi connectivity index (χ1v) is 6.81. The molecule has 0 saturated carbocycles. The molecule has 1 aliphatic carbocycles.